The molecule has 0 aliphatic heterocycles. The Morgan fingerprint density at radius 2 is 2.08 bits per heavy atom. The summed E-state index contributed by atoms with van der Waals surface area (Å²) in [6.45, 7) is 0. The Kier molecular flexibility index (Phi) is 2.10. The summed E-state index contributed by atoms with van der Waals surface area (Å²) in [4.78, 5) is 10.4. The van der Waals surface area contributed by atoms with Crippen molar-refractivity contribution in [2.75, 3.05) is 0 Å². The molecular formula is C5H2ClF3N2O. The SMILES string of the molecule is O=c1cc(C(F)(F)F)c(Cl)n[nH]1. The van der Waals surface area contributed by atoms with E-state index in [2.05, 4.69) is 5.10 Å². The minimum absolute atomic E-state index is 0.356. The van der Waals surface area contributed by atoms with Gasteiger partial charge in [0.2, 0.25) is 0 Å². The summed E-state index contributed by atoms with van der Waals surface area (Å²) in [5.41, 5.74) is -2.17. The fourth-order valence-corrected chi connectivity index (χ4v) is 0.790. The van der Waals surface area contributed by atoms with Crippen LogP contribution in [0.25, 0.3) is 0 Å². The first-order valence-electron chi connectivity index (χ1n) is 2.73. The molecule has 66 valence electrons. The Hall–Kier alpha value is -1.04. The molecule has 0 radical (unpaired) electrons. The number of hydrogen-bond donors (Lipinski definition) is 1. The van der Waals surface area contributed by atoms with Gasteiger partial charge in [0.15, 0.2) is 5.15 Å². The lowest BCUT2D eigenvalue weighted by atomic mass is 10.3. The molecular weight excluding hydrogens is 197 g/mol. The molecule has 0 aliphatic carbocycles. The summed E-state index contributed by atoms with van der Waals surface area (Å²) in [6, 6.07) is 0.356. The zero-order valence-electron chi connectivity index (χ0n) is 5.44. The summed E-state index contributed by atoms with van der Waals surface area (Å²) in [6.07, 6.45) is -4.64. The van der Waals surface area contributed by atoms with Crippen molar-refractivity contribution in [2.24, 2.45) is 0 Å². The standard InChI is InChI=1S/C5H2ClF3N2O/c6-4-2(5(7,8)9)1-3(12)10-11-4/h1H,(H,10,12). The molecule has 12 heavy (non-hydrogen) atoms. The minimum atomic E-state index is -4.64. The van der Waals surface area contributed by atoms with E-state index in [1.165, 1.54) is 0 Å². The Labute approximate surface area is 69.2 Å². The van der Waals surface area contributed by atoms with Crippen LogP contribution in [0.5, 0.6) is 0 Å². The van der Waals surface area contributed by atoms with Gasteiger partial charge in [0.1, 0.15) is 5.56 Å². The fraction of sp³-hybridized carbons (Fsp3) is 0.200. The quantitative estimate of drug-likeness (QED) is 0.686. The molecule has 0 amide bonds. The number of hydrogen-bond acceptors (Lipinski definition) is 2. The van der Waals surface area contributed by atoms with Crippen molar-refractivity contribution in [3.05, 3.63) is 27.1 Å². The molecule has 3 nitrogen and oxygen atoms in total. The summed E-state index contributed by atoms with van der Waals surface area (Å²) < 4.78 is 35.9. The fourth-order valence-electron chi connectivity index (χ4n) is 0.586. The van der Waals surface area contributed by atoms with E-state index in [0.717, 1.165) is 0 Å². The first kappa shape index (κ1) is 9.05. The number of aromatic nitrogens is 2. The zero-order chi connectivity index (χ0) is 9.35. The third-order valence-electron chi connectivity index (χ3n) is 1.07. The molecule has 0 fully saturated rings. The van der Waals surface area contributed by atoms with Gasteiger partial charge in [0.25, 0.3) is 5.56 Å². The zero-order valence-corrected chi connectivity index (χ0v) is 6.20. The van der Waals surface area contributed by atoms with Crippen LogP contribution >= 0.6 is 11.6 Å². The topological polar surface area (TPSA) is 45.8 Å². The highest BCUT2D eigenvalue weighted by Crippen LogP contribution is 2.31. The van der Waals surface area contributed by atoms with Crippen molar-refractivity contribution in [3.63, 3.8) is 0 Å². The van der Waals surface area contributed by atoms with Gasteiger partial charge in [-0.2, -0.15) is 18.3 Å². The minimum Gasteiger partial charge on any atom is -0.268 e. The van der Waals surface area contributed by atoms with E-state index in [1.54, 1.807) is 5.10 Å². The number of H-pyrrole nitrogens is 1. The third kappa shape index (κ3) is 1.76. The molecule has 1 aromatic heterocycles. The van der Waals surface area contributed by atoms with E-state index in [4.69, 9.17) is 11.6 Å². The maximum absolute atomic E-state index is 12.0. The van der Waals surface area contributed by atoms with Gasteiger partial charge in [0, 0.05) is 6.07 Å². The van der Waals surface area contributed by atoms with E-state index >= 15 is 0 Å². The van der Waals surface area contributed by atoms with Crippen LogP contribution in [0.1, 0.15) is 5.56 Å². The van der Waals surface area contributed by atoms with Crippen LogP contribution in [0.4, 0.5) is 13.2 Å². The van der Waals surface area contributed by atoms with E-state index in [9.17, 15) is 18.0 Å². The third-order valence-corrected chi connectivity index (χ3v) is 1.36. The molecule has 1 rings (SSSR count). The van der Waals surface area contributed by atoms with Crippen LogP contribution in [0, 0.1) is 0 Å². The number of nitrogens with zero attached hydrogens (tertiary/aromatic N) is 1. The van der Waals surface area contributed by atoms with Gasteiger partial charge in [-0.25, -0.2) is 5.10 Å². The van der Waals surface area contributed by atoms with Crippen molar-refractivity contribution in [1.82, 2.24) is 10.2 Å². The van der Waals surface area contributed by atoms with Crippen molar-refractivity contribution >= 4 is 11.6 Å². The van der Waals surface area contributed by atoms with Gasteiger partial charge in [0.05, 0.1) is 0 Å². The highest BCUT2D eigenvalue weighted by molar-refractivity contribution is 6.30. The molecule has 1 aromatic rings. The number of nitrogens with one attached hydrogen (secondary N) is 1. The summed E-state index contributed by atoms with van der Waals surface area (Å²) in [5.74, 6) is 0. The van der Waals surface area contributed by atoms with Gasteiger partial charge >= 0.3 is 6.18 Å². The highest BCUT2D eigenvalue weighted by Gasteiger charge is 2.34. The normalized spacial score (nSPS) is 11.7. The smallest absolute Gasteiger partial charge is 0.268 e. The second-order valence-electron chi connectivity index (χ2n) is 1.93. The van der Waals surface area contributed by atoms with Crippen LogP contribution in [0.15, 0.2) is 10.9 Å². The Bertz CT molecular complexity index is 345. The summed E-state index contributed by atoms with van der Waals surface area (Å²) in [5, 5.41) is 3.97. The lowest BCUT2D eigenvalue weighted by molar-refractivity contribution is -0.137. The molecule has 0 atom stereocenters. The van der Waals surface area contributed by atoms with Crippen molar-refractivity contribution in [1.29, 1.82) is 0 Å². The lowest BCUT2D eigenvalue weighted by Crippen LogP contribution is -2.15. The molecule has 0 unspecified atom stereocenters. The molecule has 7 heteroatoms. The molecule has 0 saturated carbocycles. The average Bonchev–Trinajstić information content (AvgIpc) is 1.92. The Morgan fingerprint density at radius 3 is 2.50 bits per heavy atom. The van der Waals surface area contributed by atoms with E-state index in [-0.39, 0.29) is 0 Å². The second kappa shape index (κ2) is 2.78. The maximum Gasteiger partial charge on any atom is 0.419 e. The predicted octanol–water partition coefficient (Wildman–Crippen LogP) is 1.44. The van der Waals surface area contributed by atoms with Crippen LogP contribution in [0.3, 0.4) is 0 Å². The molecule has 0 bridgehead atoms. The van der Waals surface area contributed by atoms with Crippen LogP contribution in [-0.4, -0.2) is 10.2 Å². The summed E-state index contributed by atoms with van der Waals surface area (Å²) >= 11 is 5.08. The van der Waals surface area contributed by atoms with Gasteiger partial charge in [-0.3, -0.25) is 4.79 Å². The average molecular weight is 199 g/mol. The lowest BCUT2D eigenvalue weighted by Gasteiger charge is -2.05. The monoisotopic (exact) mass is 198 g/mol. The van der Waals surface area contributed by atoms with Crippen LogP contribution < -0.4 is 5.56 Å². The molecule has 0 aromatic carbocycles. The van der Waals surface area contributed by atoms with Crippen molar-refractivity contribution in [2.45, 2.75) is 6.18 Å². The summed E-state index contributed by atoms with van der Waals surface area (Å²) in [7, 11) is 0. The van der Waals surface area contributed by atoms with Crippen LogP contribution in [-0.2, 0) is 6.18 Å². The largest absolute Gasteiger partial charge is 0.419 e. The van der Waals surface area contributed by atoms with Gasteiger partial charge < -0.3 is 0 Å². The van der Waals surface area contributed by atoms with E-state index < -0.39 is 22.5 Å². The van der Waals surface area contributed by atoms with Crippen LogP contribution in [0.2, 0.25) is 5.15 Å². The van der Waals surface area contributed by atoms with Crippen molar-refractivity contribution in [3.8, 4) is 0 Å². The molecule has 0 saturated heterocycles. The number of alkyl halides is 3. The first-order chi connectivity index (χ1) is 5.41. The second-order valence-corrected chi connectivity index (χ2v) is 2.29. The molecule has 0 aliphatic rings. The van der Waals surface area contributed by atoms with E-state index in [1.807, 2.05) is 0 Å². The molecule has 1 N–H and O–H groups in total. The Morgan fingerprint density at radius 1 is 1.50 bits per heavy atom. The maximum atomic E-state index is 12.0. The van der Waals surface area contributed by atoms with E-state index in [0.29, 0.717) is 6.07 Å². The number of halogens is 4. The van der Waals surface area contributed by atoms with Gasteiger partial charge in [-0.1, -0.05) is 11.6 Å². The molecule has 1 heterocycles. The van der Waals surface area contributed by atoms with Crippen molar-refractivity contribution < 1.29 is 13.2 Å². The van der Waals surface area contributed by atoms with Gasteiger partial charge in [-0.15, -0.1) is 0 Å². The first-order valence-corrected chi connectivity index (χ1v) is 3.11. The molecule has 0 spiro atoms. The Balaban J connectivity index is 3.33. The number of aromatic amines is 1. The van der Waals surface area contributed by atoms with Gasteiger partial charge in [-0.05, 0) is 0 Å². The number of rotatable bonds is 0. The predicted molar refractivity (Wildman–Crippen MR) is 34.9 cm³/mol. The highest BCUT2D eigenvalue weighted by atomic mass is 35.5.